The third-order valence-corrected chi connectivity index (χ3v) is 4.12. The molecule has 2 aromatic heterocycles. The van der Waals surface area contributed by atoms with Gasteiger partial charge in [-0.05, 0) is 49.2 Å². The van der Waals surface area contributed by atoms with Crippen LogP contribution in [-0.2, 0) is 6.54 Å². The van der Waals surface area contributed by atoms with E-state index in [4.69, 9.17) is 10.7 Å². The predicted molar refractivity (Wildman–Crippen MR) is 87.5 cm³/mol. The van der Waals surface area contributed by atoms with Gasteiger partial charge in [0.25, 0.3) is 0 Å². The van der Waals surface area contributed by atoms with Crippen LogP contribution in [0.4, 0.5) is 0 Å². The van der Waals surface area contributed by atoms with Crippen molar-refractivity contribution >= 4 is 22.7 Å². The normalized spacial score (nSPS) is 11.0. The molecule has 0 radical (unpaired) electrons. The van der Waals surface area contributed by atoms with E-state index in [1.807, 2.05) is 25.1 Å². The number of para-hydroxylation sites is 1. The summed E-state index contributed by atoms with van der Waals surface area (Å²) in [6, 6.07) is 14.3. The SMILES string of the molecule is Cc1cc(C)nc(Sc2cc(CN)c3ccccc3n2)c1. The van der Waals surface area contributed by atoms with Crippen LogP contribution in [0.3, 0.4) is 0 Å². The first-order chi connectivity index (χ1) is 10.2. The molecule has 0 aliphatic carbocycles. The fraction of sp³-hybridized carbons (Fsp3) is 0.176. The molecule has 3 nitrogen and oxygen atoms in total. The molecule has 106 valence electrons. The smallest absolute Gasteiger partial charge is 0.103 e. The summed E-state index contributed by atoms with van der Waals surface area (Å²) >= 11 is 1.58. The Balaban J connectivity index is 2.04. The van der Waals surface area contributed by atoms with Crippen LogP contribution < -0.4 is 5.73 Å². The molecule has 2 N–H and O–H groups in total. The molecule has 0 saturated heterocycles. The highest BCUT2D eigenvalue weighted by atomic mass is 32.2. The van der Waals surface area contributed by atoms with Crippen LogP contribution in [0.5, 0.6) is 0 Å². The predicted octanol–water partition coefficient (Wildman–Crippen LogP) is 3.86. The molecule has 3 aromatic rings. The number of hydrogen-bond donors (Lipinski definition) is 1. The first-order valence-corrected chi connectivity index (χ1v) is 7.69. The molecule has 0 atom stereocenters. The molecular weight excluding hydrogens is 278 g/mol. The minimum absolute atomic E-state index is 0.511. The maximum absolute atomic E-state index is 5.87. The van der Waals surface area contributed by atoms with Gasteiger partial charge in [-0.2, -0.15) is 0 Å². The molecule has 0 spiro atoms. The van der Waals surface area contributed by atoms with Crippen molar-refractivity contribution in [3.8, 4) is 0 Å². The van der Waals surface area contributed by atoms with Crippen molar-refractivity contribution in [2.75, 3.05) is 0 Å². The summed E-state index contributed by atoms with van der Waals surface area (Å²) < 4.78 is 0. The minimum atomic E-state index is 0.511. The number of hydrogen-bond acceptors (Lipinski definition) is 4. The van der Waals surface area contributed by atoms with Crippen molar-refractivity contribution in [2.24, 2.45) is 5.73 Å². The Morgan fingerprint density at radius 1 is 1.00 bits per heavy atom. The standard InChI is InChI=1S/C17H17N3S/c1-11-7-12(2)19-16(8-11)21-17-9-13(10-18)14-5-3-4-6-15(14)20-17/h3-9H,10,18H2,1-2H3. The number of aromatic nitrogens is 2. The van der Waals surface area contributed by atoms with Crippen molar-refractivity contribution in [3.05, 3.63) is 59.3 Å². The van der Waals surface area contributed by atoms with Crippen molar-refractivity contribution in [1.29, 1.82) is 0 Å². The van der Waals surface area contributed by atoms with Gasteiger partial charge in [0.1, 0.15) is 10.1 Å². The summed E-state index contributed by atoms with van der Waals surface area (Å²) in [5, 5.41) is 3.03. The molecule has 3 rings (SSSR count). The van der Waals surface area contributed by atoms with Crippen molar-refractivity contribution in [1.82, 2.24) is 9.97 Å². The molecule has 0 aliphatic heterocycles. The number of pyridine rings is 2. The highest BCUT2D eigenvalue weighted by Crippen LogP contribution is 2.29. The van der Waals surface area contributed by atoms with E-state index in [1.54, 1.807) is 11.8 Å². The molecule has 0 unspecified atom stereocenters. The summed E-state index contributed by atoms with van der Waals surface area (Å²) in [5.41, 5.74) is 10.2. The van der Waals surface area contributed by atoms with Gasteiger partial charge in [-0.3, -0.25) is 0 Å². The lowest BCUT2D eigenvalue weighted by molar-refractivity contribution is 1.03. The van der Waals surface area contributed by atoms with E-state index in [0.29, 0.717) is 6.54 Å². The molecule has 2 heterocycles. The van der Waals surface area contributed by atoms with E-state index in [2.05, 4.69) is 36.2 Å². The van der Waals surface area contributed by atoms with Crippen molar-refractivity contribution in [2.45, 2.75) is 30.4 Å². The van der Waals surface area contributed by atoms with Gasteiger partial charge in [-0.25, -0.2) is 9.97 Å². The molecule has 0 saturated carbocycles. The molecule has 4 heteroatoms. The van der Waals surface area contributed by atoms with E-state index < -0.39 is 0 Å². The van der Waals surface area contributed by atoms with E-state index in [-0.39, 0.29) is 0 Å². The highest BCUT2D eigenvalue weighted by molar-refractivity contribution is 7.99. The average Bonchev–Trinajstić information content (AvgIpc) is 2.45. The summed E-state index contributed by atoms with van der Waals surface area (Å²) in [7, 11) is 0. The maximum atomic E-state index is 5.87. The fourth-order valence-electron chi connectivity index (χ4n) is 2.41. The fourth-order valence-corrected chi connectivity index (χ4v) is 3.40. The Kier molecular flexibility index (Phi) is 3.90. The Morgan fingerprint density at radius 3 is 2.52 bits per heavy atom. The molecule has 1 aromatic carbocycles. The zero-order valence-electron chi connectivity index (χ0n) is 12.1. The van der Waals surface area contributed by atoms with Gasteiger partial charge in [0.05, 0.1) is 5.52 Å². The topological polar surface area (TPSA) is 51.8 Å². The molecule has 0 amide bonds. The first kappa shape index (κ1) is 14.0. The van der Waals surface area contributed by atoms with Crippen LogP contribution in [0, 0.1) is 13.8 Å². The summed E-state index contributed by atoms with van der Waals surface area (Å²) in [6.45, 7) is 4.60. The van der Waals surface area contributed by atoms with Crippen LogP contribution >= 0.6 is 11.8 Å². The Bertz CT molecular complexity index is 779. The monoisotopic (exact) mass is 295 g/mol. The second-order valence-corrected chi connectivity index (χ2v) is 6.11. The van der Waals surface area contributed by atoms with E-state index in [0.717, 1.165) is 32.2 Å². The summed E-state index contributed by atoms with van der Waals surface area (Å²) in [4.78, 5) is 9.26. The van der Waals surface area contributed by atoms with Crippen molar-refractivity contribution in [3.63, 3.8) is 0 Å². The zero-order valence-corrected chi connectivity index (χ0v) is 12.9. The van der Waals surface area contributed by atoms with Gasteiger partial charge in [0.15, 0.2) is 0 Å². The van der Waals surface area contributed by atoms with Crippen LogP contribution in [-0.4, -0.2) is 9.97 Å². The van der Waals surface area contributed by atoms with Gasteiger partial charge in [-0.15, -0.1) is 0 Å². The number of rotatable bonds is 3. The van der Waals surface area contributed by atoms with Crippen LogP contribution in [0.1, 0.15) is 16.8 Å². The largest absolute Gasteiger partial charge is 0.326 e. The Morgan fingerprint density at radius 2 is 1.76 bits per heavy atom. The second-order valence-electron chi connectivity index (χ2n) is 5.07. The lowest BCUT2D eigenvalue weighted by atomic mass is 10.1. The van der Waals surface area contributed by atoms with E-state index >= 15 is 0 Å². The van der Waals surface area contributed by atoms with Gasteiger partial charge < -0.3 is 5.73 Å². The lowest BCUT2D eigenvalue weighted by Crippen LogP contribution is -1.99. The van der Waals surface area contributed by atoms with Gasteiger partial charge in [-0.1, -0.05) is 30.0 Å². The Labute approximate surface area is 128 Å². The van der Waals surface area contributed by atoms with Gasteiger partial charge in [0.2, 0.25) is 0 Å². The molecule has 0 aliphatic rings. The number of fused-ring (bicyclic) bond motifs is 1. The highest BCUT2D eigenvalue weighted by Gasteiger charge is 2.07. The summed E-state index contributed by atoms with van der Waals surface area (Å²) in [6.07, 6.45) is 0. The van der Waals surface area contributed by atoms with Crippen LogP contribution in [0.2, 0.25) is 0 Å². The Hall–Kier alpha value is -1.91. The maximum Gasteiger partial charge on any atom is 0.103 e. The molecule has 0 bridgehead atoms. The molecule has 21 heavy (non-hydrogen) atoms. The number of aryl methyl sites for hydroxylation is 2. The van der Waals surface area contributed by atoms with E-state index in [9.17, 15) is 0 Å². The summed E-state index contributed by atoms with van der Waals surface area (Å²) in [5.74, 6) is 0. The average molecular weight is 295 g/mol. The third kappa shape index (κ3) is 3.06. The zero-order chi connectivity index (χ0) is 14.8. The number of nitrogens with two attached hydrogens (primary N) is 1. The lowest BCUT2D eigenvalue weighted by Gasteiger charge is -2.08. The van der Waals surface area contributed by atoms with Gasteiger partial charge in [0, 0.05) is 17.6 Å². The number of benzene rings is 1. The first-order valence-electron chi connectivity index (χ1n) is 6.87. The quantitative estimate of drug-likeness (QED) is 0.797. The molecule has 0 fully saturated rings. The van der Waals surface area contributed by atoms with Crippen molar-refractivity contribution < 1.29 is 0 Å². The van der Waals surface area contributed by atoms with E-state index in [1.165, 1.54) is 5.56 Å². The van der Waals surface area contributed by atoms with Gasteiger partial charge >= 0.3 is 0 Å². The minimum Gasteiger partial charge on any atom is -0.326 e. The third-order valence-electron chi connectivity index (χ3n) is 3.28. The van der Waals surface area contributed by atoms with Crippen LogP contribution in [0.25, 0.3) is 10.9 Å². The van der Waals surface area contributed by atoms with Crippen LogP contribution in [0.15, 0.2) is 52.5 Å². The second kappa shape index (κ2) is 5.84. The molecular formula is C17H17N3S. The number of nitrogens with zero attached hydrogens (tertiary/aromatic N) is 2.